The van der Waals surface area contributed by atoms with E-state index in [2.05, 4.69) is 24.2 Å². The van der Waals surface area contributed by atoms with Crippen molar-refractivity contribution in [3.05, 3.63) is 41.2 Å². The van der Waals surface area contributed by atoms with Gasteiger partial charge in [0, 0.05) is 47.8 Å². The highest BCUT2D eigenvalue weighted by atomic mass is 32.2. The highest BCUT2D eigenvalue weighted by Crippen LogP contribution is 2.41. The van der Waals surface area contributed by atoms with Crippen molar-refractivity contribution in [3.63, 3.8) is 0 Å². The van der Waals surface area contributed by atoms with Crippen LogP contribution in [0.4, 0.5) is 5.95 Å². The molecule has 0 bridgehead atoms. The molecule has 3 aromatic rings. The Labute approximate surface area is 208 Å². The second-order valence-electron chi connectivity index (χ2n) is 9.14. The van der Waals surface area contributed by atoms with Crippen LogP contribution in [0.5, 0.6) is 11.5 Å². The molecule has 0 spiro atoms. The summed E-state index contributed by atoms with van der Waals surface area (Å²) >= 11 is 1.48. The van der Waals surface area contributed by atoms with Gasteiger partial charge < -0.3 is 23.7 Å². The van der Waals surface area contributed by atoms with Gasteiger partial charge in [-0.1, -0.05) is 11.8 Å². The summed E-state index contributed by atoms with van der Waals surface area (Å²) in [5.74, 6) is 2.80. The van der Waals surface area contributed by atoms with Crippen molar-refractivity contribution in [3.8, 4) is 17.2 Å². The largest absolute Gasteiger partial charge is 0.486 e. The fraction of sp³-hybridized carbons (Fsp3) is 0.480. The van der Waals surface area contributed by atoms with Gasteiger partial charge in [0.25, 0.3) is 0 Å². The third kappa shape index (κ3) is 4.29. The number of anilines is 1. The zero-order valence-electron chi connectivity index (χ0n) is 20.0. The normalized spacial score (nSPS) is 17.6. The van der Waals surface area contributed by atoms with Crippen LogP contribution < -0.4 is 14.4 Å². The Bertz CT molecular complexity index is 1260. The van der Waals surface area contributed by atoms with Crippen LogP contribution in [0.2, 0.25) is 0 Å². The van der Waals surface area contributed by atoms with Gasteiger partial charge in [0.1, 0.15) is 13.2 Å². The number of benzene rings is 1. The molecule has 1 aromatic carbocycles. The smallest absolute Gasteiger partial charge is 0.228 e. The Morgan fingerprint density at radius 3 is 2.57 bits per heavy atom. The van der Waals surface area contributed by atoms with Gasteiger partial charge in [-0.2, -0.15) is 0 Å². The lowest BCUT2D eigenvalue weighted by Crippen LogP contribution is -2.38. The molecule has 3 aliphatic rings. The zero-order valence-corrected chi connectivity index (χ0v) is 20.8. The van der Waals surface area contributed by atoms with Gasteiger partial charge in [-0.3, -0.25) is 9.36 Å². The van der Waals surface area contributed by atoms with Crippen molar-refractivity contribution >= 4 is 23.5 Å². The molecule has 35 heavy (non-hydrogen) atoms. The minimum absolute atomic E-state index is 0.0881. The Morgan fingerprint density at radius 2 is 1.80 bits per heavy atom. The average molecular weight is 496 g/mol. The molecule has 4 heterocycles. The second kappa shape index (κ2) is 9.23. The van der Waals surface area contributed by atoms with E-state index in [0.29, 0.717) is 38.2 Å². The molecule has 1 aliphatic carbocycles. The maximum Gasteiger partial charge on any atom is 0.228 e. The van der Waals surface area contributed by atoms with E-state index >= 15 is 0 Å². The van der Waals surface area contributed by atoms with Crippen LogP contribution in [0, 0.1) is 13.8 Å². The number of aryl methyl sites for hydroxylation is 1. The fourth-order valence-corrected chi connectivity index (χ4v) is 5.70. The van der Waals surface area contributed by atoms with Crippen molar-refractivity contribution in [1.82, 2.24) is 19.3 Å². The van der Waals surface area contributed by atoms with Crippen LogP contribution >= 0.6 is 11.8 Å². The number of nitrogens with zero attached hydrogens (tertiary/aromatic N) is 5. The second-order valence-corrected chi connectivity index (χ2v) is 10.1. The number of fused-ring (bicyclic) bond motifs is 1. The third-order valence-corrected chi connectivity index (χ3v) is 7.64. The summed E-state index contributed by atoms with van der Waals surface area (Å²) in [5, 5.41) is 9.77. The molecule has 6 rings (SSSR count). The van der Waals surface area contributed by atoms with Crippen molar-refractivity contribution in [2.75, 3.05) is 50.2 Å². The van der Waals surface area contributed by atoms with E-state index < -0.39 is 0 Å². The lowest BCUT2D eigenvalue weighted by molar-refractivity contribution is 0.102. The number of ether oxygens (including phenoxy) is 3. The van der Waals surface area contributed by atoms with Gasteiger partial charge in [-0.15, -0.1) is 10.2 Å². The third-order valence-electron chi connectivity index (χ3n) is 6.70. The number of carbonyl (C=O) groups excluding carboxylic acids is 1. The standard InChI is InChI=1S/C25H29N5O4S/c1-16-13-20(17(2)29(16)19-5-6-22-23(14-19)34-12-11-33-22)21(31)15-35-25-27-26-24(30(25)18-3-4-18)28-7-9-32-10-8-28/h5-6,13-14,18H,3-4,7-12,15H2,1-2H3. The maximum absolute atomic E-state index is 13.3. The minimum Gasteiger partial charge on any atom is -0.486 e. The molecule has 10 heteroatoms. The number of ketones is 1. The molecule has 184 valence electrons. The molecular formula is C25H29N5O4S. The average Bonchev–Trinajstić information content (AvgIpc) is 3.56. The number of morpholine rings is 1. The number of thioether (sulfide) groups is 1. The Balaban J connectivity index is 1.21. The quantitative estimate of drug-likeness (QED) is 0.363. The van der Waals surface area contributed by atoms with Crippen molar-refractivity contribution in [2.24, 2.45) is 0 Å². The van der Waals surface area contributed by atoms with E-state index in [1.165, 1.54) is 11.8 Å². The van der Waals surface area contributed by atoms with Crippen LogP contribution in [0.1, 0.15) is 40.6 Å². The highest BCUT2D eigenvalue weighted by molar-refractivity contribution is 7.99. The number of aromatic nitrogens is 4. The summed E-state index contributed by atoms with van der Waals surface area (Å²) in [4.78, 5) is 15.5. The van der Waals surface area contributed by atoms with Gasteiger partial charge in [-0.25, -0.2) is 0 Å². The van der Waals surface area contributed by atoms with Crippen LogP contribution in [0.15, 0.2) is 29.4 Å². The monoisotopic (exact) mass is 495 g/mol. The van der Waals surface area contributed by atoms with E-state index in [4.69, 9.17) is 14.2 Å². The van der Waals surface area contributed by atoms with E-state index in [9.17, 15) is 4.79 Å². The highest BCUT2D eigenvalue weighted by Gasteiger charge is 2.32. The van der Waals surface area contributed by atoms with Gasteiger partial charge in [0.15, 0.2) is 22.4 Å². The van der Waals surface area contributed by atoms with Crippen LogP contribution in [0.3, 0.4) is 0 Å². The summed E-state index contributed by atoms with van der Waals surface area (Å²) < 4.78 is 21.2. The summed E-state index contributed by atoms with van der Waals surface area (Å²) in [7, 11) is 0. The first-order valence-electron chi connectivity index (χ1n) is 12.1. The molecule has 0 atom stereocenters. The van der Waals surface area contributed by atoms with Crippen LogP contribution in [-0.2, 0) is 4.74 Å². The molecule has 2 aliphatic heterocycles. The van der Waals surface area contributed by atoms with E-state index in [-0.39, 0.29) is 5.78 Å². The number of rotatable bonds is 7. The van der Waals surface area contributed by atoms with E-state index in [1.807, 2.05) is 38.1 Å². The zero-order chi connectivity index (χ0) is 23.9. The fourth-order valence-electron chi connectivity index (χ4n) is 4.82. The Hall–Kier alpha value is -2.98. The molecule has 2 fully saturated rings. The molecule has 0 amide bonds. The number of hydrogen-bond donors (Lipinski definition) is 0. The first kappa shape index (κ1) is 22.5. The Morgan fingerprint density at radius 1 is 1.03 bits per heavy atom. The summed E-state index contributed by atoms with van der Waals surface area (Å²) in [5.41, 5.74) is 3.61. The first-order chi connectivity index (χ1) is 17.1. The summed E-state index contributed by atoms with van der Waals surface area (Å²) in [6, 6.07) is 8.31. The van der Waals surface area contributed by atoms with Crippen LogP contribution in [0.25, 0.3) is 5.69 Å². The lowest BCUT2D eigenvalue weighted by Gasteiger charge is -2.27. The number of carbonyl (C=O) groups is 1. The molecule has 1 saturated carbocycles. The SMILES string of the molecule is Cc1cc(C(=O)CSc2nnc(N3CCOCC3)n2C2CC2)c(C)n1-c1ccc2c(c1)OCCO2. The molecule has 9 nitrogen and oxygen atoms in total. The molecule has 0 N–H and O–H groups in total. The van der Waals surface area contributed by atoms with Crippen molar-refractivity contribution < 1.29 is 19.0 Å². The van der Waals surface area contributed by atoms with Gasteiger partial charge in [0.2, 0.25) is 5.95 Å². The predicted octanol–water partition coefficient (Wildman–Crippen LogP) is 3.60. The molecule has 0 unspecified atom stereocenters. The summed E-state index contributed by atoms with van der Waals surface area (Å²) in [6.07, 6.45) is 2.27. The first-order valence-corrected chi connectivity index (χ1v) is 13.1. The van der Waals surface area contributed by atoms with E-state index in [1.54, 1.807) is 0 Å². The minimum atomic E-state index is 0.0881. The Kier molecular flexibility index (Phi) is 5.93. The molecule has 0 radical (unpaired) electrons. The van der Waals surface area contributed by atoms with Crippen LogP contribution in [-0.4, -0.2) is 70.4 Å². The molecular weight excluding hydrogens is 466 g/mol. The van der Waals surface area contributed by atoms with Gasteiger partial charge in [0.05, 0.1) is 19.0 Å². The predicted molar refractivity (Wildman–Crippen MR) is 133 cm³/mol. The van der Waals surface area contributed by atoms with Gasteiger partial charge in [-0.05, 0) is 44.9 Å². The van der Waals surface area contributed by atoms with Crippen molar-refractivity contribution in [1.29, 1.82) is 0 Å². The lowest BCUT2D eigenvalue weighted by atomic mass is 10.2. The maximum atomic E-state index is 13.3. The molecule has 1 saturated heterocycles. The van der Waals surface area contributed by atoms with Gasteiger partial charge >= 0.3 is 0 Å². The number of hydrogen-bond acceptors (Lipinski definition) is 8. The topological polar surface area (TPSA) is 83.6 Å². The molecule has 2 aromatic heterocycles. The van der Waals surface area contributed by atoms with E-state index in [0.717, 1.165) is 71.2 Å². The van der Waals surface area contributed by atoms with Crippen molar-refractivity contribution in [2.45, 2.75) is 37.9 Å². The number of Topliss-reactive ketones (excluding diaryl/α,β-unsaturated/α-hetero) is 1. The summed E-state index contributed by atoms with van der Waals surface area (Å²) in [6.45, 7) is 8.17.